The highest BCUT2D eigenvalue weighted by Gasteiger charge is 2.33. The minimum Gasteiger partial charge on any atom is -0.479 e. The predicted molar refractivity (Wildman–Crippen MR) is 103 cm³/mol. The van der Waals surface area contributed by atoms with Gasteiger partial charge >= 0.3 is 0 Å². The number of Topliss-reactive ketones (excluding diaryl/α,β-unsaturated/α-hetero) is 1. The molecule has 1 aliphatic heterocycles. The van der Waals surface area contributed by atoms with Crippen molar-refractivity contribution < 1.29 is 19.1 Å². The zero-order valence-corrected chi connectivity index (χ0v) is 15.6. The second kappa shape index (κ2) is 7.61. The number of aryl methyl sites for hydroxylation is 1. The van der Waals surface area contributed by atoms with E-state index in [0.29, 0.717) is 17.0 Å². The first-order chi connectivity index (χ1) is 12.9. The summed E-state index contributed by atoms with van der Waals surface area (Å²) in [6.07, 6.45) is 0.0887. The number of fused-ring (bicyclic) bond motifs is 1. The summed E-state index contributed by atoms with van der Waals surface area (Å²) < 4.78 is 5.61. The van der Waals surface area contributed by atoms with Crippen molar-refractivity contribution >= 4 is 29.0 Å². The van der Waals surface area contributed by atoms with Crippen LogP contribution in [-0.2, 0) is 16.0 Å². The van der Waals surface area contributed by atoms with E-state index in [-0.39, 0.29) is 24.1 Å². The quantitative estimate of drug-likeness (QED) is 0.825. The lowest BCUT2D eigenvalue weighted by atomic mass is 10.1. The van der Waals surface area contributed by atoms with Gasteiger partial charge in [0, 0.05) is 11.3 Å². The second-order valence-electron chi connectivity index (χ2n) is 6.48. The van der Waals surface area contributed by atoms with Crippen LogP contribution < -0.4 is 15.0 Å². The third-order valence-corrected chi connectivity index (χ3v) is 4.55. The van der Waals surface area contributed by atoms with Gasteiger partial charge in [0.15, 0.2) is 11.9 Å². The van der Waals surface area contributed by atoms with Crippen LogP contribution in [0.25, 0.3) is 0 Å². The molecule has 2 aromatic carbocycles. The van der Waals surface area contributed by atoms with Gasteiger partial charge in [0.2, 0.25) is 5.91 Å². The zero-order valence-electron chi connectivity index (χ0n) is 15.6. The number of amides is 2. The van der Waals surface area contributed by atoms with Crippen molar-refractivity contribution in [2.75, 3.05) is 16.8 Å². The highest BCUT2D eigenvalue weighted by molar-refractivity contribution is 6.07. The van der Waals surface area contributed by atoms with Crippen molar-refractivity contribution in [2.24, 2.45) is 0 Å². The van der Waals surface area contributed by atoms with Crippen molar-refractivity contribution in [1.29, 1.82) is 0 Å². The highest BCUT2D eigenvalue weighted by Crippen LogP contribution is 2.35. The summed E-state index contributed by atoms with van der Waals surface area (Å²) in [6, 6.07) is 12.5. The van der Waals surface area contributed by atoms with E-state index in [0.717, 1.165) is 17.7 Å². The highest BCUT2D eigenvalue weighted by atomic mass is 16.5. The summed E-state index contributed by atoms with van der Waals surface area (Å²) in [6.45, 7) is 4.95. The molecule has 1 heterocycles. The number of benzene rings is 2. The molecule has 2 aromatic rings. The van der Waals surface area contributed by atoms with Crippen molar-refractivity contribution in [3.63, 3.8) is 0 Å². The molecule has 140 valence electrons. The molecule has 2 amide bonds. The average Bonchev–Trinajstić information content (AvgIpc) is 2.65. The number of ether oxygens (including phenoxy) is 1. The molecule has 6 heteroatoms. The predicted octanol–water partition coefficient (Wildman–Crippen LogP) is 3.20. The van der Waals surface area contributed by atoms with E-state index in [1.165, 1.54) is 11.8 Å². The van der Waals surface area contributed by atoms with Crippen molar-refractivity contribution in [2.45, 2.75) is 33.3 Å². The van der Waals surface area contributed by atoms with Crippen LogP contribution in [0.5, 0.6) is 5.75 Å². The average molecular weight is 366 g/mol. The van der Waals surface area contributed by atoms with Crippen LogP contribution in [0.4, 0.5) is 11.4 Å². The Hall–Kier alpha value is -3.15. The largest absolute Gasteiger partial charge is 0.479 e. The molecule has 1 unspecified atom stereocenters. The Labute approximate surface area is 158 Å². The summed E-state index contributed by atoms with van der Waals surface area (Å²) in [5.74, 6) is -0.265. The Bertz CT molecular complexity index is 907. The molecule has 1 aliphatic rings. The maximum Gasteiger partial charge on any atom is 0.268 e. The van der Waals surface area contributed by atoms with E-state index in [2.05, 4.69) is 5.32 Å². The van der Waals surface area contributed by atoms with Gasteiger partial charge in [0.1, 0.15) is 12.3 Å². The molecule has 1 atom stereocenters. The molecule has 0 fully saturated rings. The van der Waals surface area contributed by atoms with Crippen LogP contribution >= 0.6 is 0 Å². The summed E-state index contributed by atoms with van der Waals surface area (Å²) in [4.78, 5) is 38.3. The molecule has 0 radical (unpaired) electrons. The van der Waals surface area contributed by atoms with Crippen molar-refractivity contribution in [1.82, 2.24) is 0 Å². The van der Waals surface area contributed by atoms with Gasteiger partial charge < -0.3 is 10.1 Å². The standard InChI is InChI=1S/C21H22N2O4/c1-4-15-7-5-6-8-17(15)22-20(25)12-23-18-11-16(13(2)24)9-10-19(18)27-14(3)21(23)26/h5-11,14H,4,12H2,1-3H3,(H,22,25). The number of hydrogen-bond acceptors (Lipinski definition) is 4. The molecule has 0 spiro atoms. The summed E-state index contributed by atoms with van der Waals surface area (Å²) in [5.41, 5.74) is 2.65. The fourth-order valence-corrected chi connectivity index (χ4v) is 3.07. The van der Waals surface area contributed by atoms with Gasteiger partial charge in [-0.15, -0.1) is 0 Å². The van der Waals surface area contributed by atoms with Gasteiger partial charge in [-0.2, -0.15) is 0 Å². The Morgan fingerprint density at radius 2 is 1.93 bits per heavy atom. The lowest BCUT2D eigenvalue weighted by molar-refractivity contribution is -0.127. The van der Waals surface area contributed by atoms with Gasteiger partial charge in [0.25, 0.3) is 5.91 Å². The molecule has 1 N–H and O–H groups in total. The zero-order chi connectivity index (χ0) is 19.6. The van der Waals surface area contributed by atoms with Crippen molar-refractivity contribution in [3.05, 3.63) is 53.6 Å². The summed E-state index contributed by atoms with van der Waals surface area (Å²) >= 11 is 0. The van der Waals surface area contributed by atoms with E-state index in [4.69, 9.17) is 4.74 Å². The number of ketones is 1. The second-order valence-corrected chi connectivity index (χ2v) is 6.48. The number of anilines is 2. The Morgan fingerprint density at radius 1 is 1.19 bits per heavy atom. The molecule has 0 saturated carbocycles. The van der Waals surface area contributed by atoms with Crippen LogP contribution in [0.15, 0.2) is 42.5 Å². The third-order valence-electron chi connectivity index (χ3n) is 4.55. The van der Waals surface area contributed by atoms with Crippen LogP contribution in [0.1, 0.15) is 36.7 Å². The molecule has 3 rings (SSSR count). The summed E-state index contributed by atoms with van der Waals surface area (Å²) in [7, 11) is 0. The first-order valence-electron chi connectivity index (χ1n) is 8.91. The first-order valence-corrected chi connectivity index (χ1v) is 8.91. The number of hydrogen-bond donors (Lipinski definition) is 1. The lowest BCUT2D eigenvalue weighted by Crippen LogP contribution is -2.47. The molecular weight excluding hydrogens is 344 g/mol. The van der Waals surface area contributed by atoms with Gasteiger partial charge in [-0.1, -0.05) is 25.1 Å². The van der Waals surface area contributed by atoms with Gasteiger partial charge in [0.05, 0.1) is 5.69 Å². The van der Waals surface area contributed by atoms with Crippen LogP contribution in [0, 0.1) is 0 Å². The molecule has 6 nitrogen and oxygen atoms in total. The van der Waals surface area contributed by atoms with E-state index in [1.54, 1.807) is 25.1 Å². The monoisotopic (exact) mass is 366 g/mol. The number of carbonyl (C=O) groups excluding carboxylic acids is 3. The lowest BCUT2D eigenvalue weighted by Gasteiger charge is -2.32. The normalized spacial score (nSPS) is 15.7. The smallest absolute Gasteiger partial charge is 0.268 e. The van der Waals surface area contributed by atoms with E-state index < -0.39 is 6.10 Å². The molecule has 0 bridgehead atoms. The number of nitrogens with one attached hydrogen (secondary N) is 1. The van der Waals surface area contributed by atoms with Crippen LogP contribution in [0.3, 0.4) is 0 Å². The summed E-state index contributed by atoms with van der Waals surface area (Å²) in [5, 5.41) is 2.87. The number of carbonyl (C=O) groups is 3. The number of rotatable bonds is 5. The maximum atomic E-state index is 12.6. The van der Waals surface area contributed by atoms with E-state index in [1.807, 2.05) is 31.2 Å². The molecule has 27 heavy (non-hydrogen) atoms. The third kappa shape index (κ3) is 3.84. The first kappa shape index (κ1) is 18.6. The Kier molecular flexibility index (Phi) is 5.26. The molecule has 0 saturated heterocycles. The van der Waals surface area contributed by atoms with Gasteiger partial charge in [-0.05, 0) is 50.1 Å². The fourth-order valence-electron chi connectivity index (χ4n) is 3.07. The van der Waals surface area contributed by atoms with Gasteiger partial charge in [-0.3, -0.25) is 19.3 Å². The molecule has 0 aromatic heterocycles. The topological polar surface area (TPSA) is 75.7 Å². The van der Waals surface area contributed by atoms with E-state index >= 15 is 0 Å². The van der Waals surface area contributed by atoms with Gasteiger partial charge in [-0.25, -0.2) is 0 Å². The Morgan fingerprint density at radius 3 is 2.63 bits per heavy atom. The Balaban J connectivity index is 1.87. The number of nitrogens with zero attached hydrogens (tertiary/aromatic N) is 1. The minimum atomic E-state index is -0.698. The van der Waals surface area contributed by atoms with Crippen molar-refractivity contribution in [3.8, 4) is 5.75 Å². The van der Waals surface area contributed by atoms with E-state index in [9.17, 15) is 14.4 Å². The SMILES string of the molecule is CCc1ccccc1NC(=O)CN1C(=O)C(C)Oc2ccc(C(C)=O)cc21. The minimum absolute atomic E-state index is 0.120. The molecular formula is C21H22N2O4. The number of para-hydroxylation sites is 1. The fraction of sp³-hybridized carbons (Fsp3) is 0.286. The maximum absolute atomic E-state index is 12.6. The van der Waals surface area contributed by atoms with Crippen LogP contribution in [-0.4, -0.2) is 30.2 Å². The van der Waals surface area contributed by atoms with Crippen LogP contribution in [0.2, 0.25) is 0 Å². The molecule has 0 aliphatic carbocycles.